The summed E-state index contributed by atoms with van der Waals surface area (Å²) in [6, 6.07) is 1.38. The molecule has 3 N–H and O–H groups in total. The molecule has 110 valence electrons. The van der Waals surface area contributed by atoms with Crippen molar-refractivity contribution in [3.8, 4) is 0 Å². The number of nitrogens with zero attached hydrogens (tertiary/aromatic N) is 2. The molecule has 0 radical (unpaired) electrons. The second-order valence-corrected chi connectivity index (χ2v) is 4.71. The van der Waals surface area contributed by atoms with Crippen LogP contribution in [-0.2, 0) is 4.79 Å². The molecular formula is C13H20N4O3. The first-order valence-electron chi connectivity index (χ1n) is 6.31. The Morgan fingerprint density at radius 3 is 2.65 bits per heavy atom. The number of nitrogens with one attached hydrogen (secondary N) is 2. The molecule has 7 heteroatoms. The van der Waals surface area contributed by atoms with E-state index in [-0.39, 0.29) is 17.5 Å². The van der Waals surface area contributed by atoms with Gasteiger partial charge in [0.15, 0.2) is 0 Å². The van der Waals surface area contributed by atoms with E-state index in [0.29, 0.717) is 13.0 Å². The van der Waals surface area contributed by atoms with Crippen LogP contribution in [0.25, 0.3) is 0 Å². The summed E-state index contributed by atoms with van der Waals surface area (Å²) in [5.41, 5.74) is 2.52. The minimum absolute atomic E-state index is 0.0983. The van der Waals surface area contributed by atoms with Gasteiger partial charge in [-0.1, -0.05) is 6.92 Å². The van der Waals surface area contributed by atoms with Crippen molar-refractivity contribution in [3.63, 3.8) is 0 Å². The van der Waals surface area contributed by atoms with Crippen LogP contribution in [0.15, 0.2) is 18.5 Å². The van der Waals surface area contributed by atoms with Crippen LogP contribution in [0.5, 0.6) is 0 Å². The van der Waals surface area contributed by atoms with Crippen molar-refractivity contribution < 1.29 is 14.8 Å². The summed E-state index contributed by atoms with van der Waals surface area (Å²) in [7, 11) is 3.63. The van der Waals surface area contributed by atoms with E-state index < -0.39 is 5.91 Å². The molecule has 0 bridgehead atoms. The molecule has 1 aromatic heterocycles. The van der Waals surface area contributed by atoms with Crippen molar-refractivity contribution in [3.05, 3.63) is 29.6 Å². The van der Waals surface area contributed by atoms with Gasteiger partial charge >= 0.3 is 0 Å². The first-order chi connectivity index (χ1) is 9.47. The lowest BCUT2D eigenvalue weighted by Gasteiger charge is -2.19. The molecule has 0 unspecified atom stereocenters. The zero-order valence-corrected chi connectivity index (χ0v) is 11.9. The molecule has 7 nitrogen and oxygen atoms in total. The highest BCUT2D eigenvalue weighted by atomic mass is 16.5. The van der Waals surface area contributed by atoms with Crippen molar-refractivity contribution in [2.75, 3.05) is 20.6 Å². The monoisotopic (exact) mass is 280 g/mol. The molecule has 0 aliphatic carbocycles. The molecule has 1 atom stereocenters. The van der Waals surface area contributed by atoms with Crippen LogP contribution in [0.2, 0.25) is 0 Å². The van der Waals surface area contributed by atoms with E-state index in [0.717, 1.165) is 5.56 Å². The van der Waals surface area contributed by atoms with E-state index in [1.54, 1.807) is 22.6 Å². The summed E-state index contributed by atoms with van der Waals surface area (Å²) in [4.78, 5) is 28.9. The van der Waals surface area contributed by atoms with Gasteiger partial charge in [-0.15, -0.1) is 0 Å². The molecular weight excluding hydrogens is 260 g/mol. The van der Waals surface area contributed by atoms with Gasteiger partial charge in [0, 0.05) is 12.4 Å². The van der Waals surface area contributed by atoms with Crippen LogP contribution in [0, 0.1) is 0 Å². The van der Waals surface area contributed by atoms with Gasteiger partial charge in [-0.3, -0.25) is 19.8 Å². The maximum Gasteiger partial charge on any atom is 0.276 e. The number of hydroxylamine groups is 1. The molecule has 2 amide bonds. The molecule has 1 heterocycles. The average Bonchev–Trinajstić information content (AvgIpc) is 2.43. The number of likely N-dealkylation sites (N-methyl/N-ethyl adjacent to an activating group) is 1. The number of carbonyl (C=O) groups is 2. The molecule has 0 saturated heterocycles. The molecule has 1 aromatic rings. The van der Waals surface area contributed by atoms with Crippen molar-refractivity contribution in [2.24, 2.45) is 0 Å². The number of aromatic nitrogens is 1. The minimum Gasteiger partial charge on any atom is -0.348 e. The third kappa shape index (κ3) is 4.60. The topological polar surface area (TPSA) is 94.6 Å². The summed E-state index contributed by atoms with van der Waals surface area (Å²) in [6.07, 6.45) is 3.62. The Balaban J connectivity index is 2.84. The van der Waals surface area contributed by atoms with E-state index in [1.165, 1.54) is 6.20 Å². The zero-order chi connectivity index (χ0) is 15.1. The van der Waals surface area contributed by atoms with E-state index in [2.05, 4.69) is 10.3 Å². The maximum absolute atomic E-state index is 11.8. The Labute approximate surface area is 118 Å². The highest BCUT2D eigenvalue weighted by Gasteiger charge is 2.15. The van der Waals surface area contributed by atoms with E-state index in [9.17, 15) is 9.59 Å². The standard InChI is InChI=1S/C13H20N4O3/c1-4-11(15-12(18)8-17(2)3)9-5-10(7-14-6-9)13(19)16-20/h5-7,11,20H,4,8H2,1-3H3,(H,15,18)(H,16,19)/t11-/m0/s1. The van der Waals surface area contributed by atoms with Gasteiger partial charge in [-0.05, 0) is 32.1 Å². The molecule has 0 spiro atoms. The van der Waals surface area contributed by atoms with Crippen molar-refractivity contribution in [1.82, 2.24) is 20.7 Å². The second kappa shape index (κ2) is 7.56. The van der Waals surface area contributed by atoms with Gasteiger partial charge in [-0.2, -0.15) is 0 Å². The van der Waals surface area contributed by atoms with Gasteiger partial charge < -0.3 is 10.2 Å². The van der Waals surface area contributed by atoms with Crippen molar-refractivity contribution in [2.45, 2.75) is 19.4 Å². The molecule has 20 heavy (non-hydrogen) atoms. The van der Waals surface area contributed by atoms with Crippen molar-refractivity contribution in [1.29, 1.82) is 0 Å². The first kappa shape index (κ1) is 16.1. The summed E-state index contributed by atoms with van der Waals surface area (Å²) < 4.78 is 0. The highest BCUT2D eigenvalue weighted by Crippen LogP contribution is 2.16. The largest absolute Gasteiger partial charge is 0.348 e. The predicted octanol–water partition coefficient (Wildman–Crippen LogP) is 0.330. The van der Waals surface area contributed by atoms with Gasteiger partial charge in [0.1, 0.15) is 0 Å². The van der Waals surface area contributed by atoms with Crippen LogP contribution in [0.1, 0.15) is 35.3 Å². The minimum atomic E-state index is -0.631. The summed E-state index contributed by atoms with van der Waals surface area (Å²) >= 11 is 0. The van der Waals surface area contributed by atoms with E-state index >= 15 is 0 Å². The number of hydrogen-bond acceptors (Lipinski definition) is 5. The van der Waals surface area contributed by atoms with Gasteiger partial charge in [0.2, 0.25) is 5.91 Å². The van der Waals surface area contributed by atoms with E-state index in [4.69, 9.17) is 5.21 Å². The summed E-state index contributed by atoms with van der Waals surface area (Å²) in [6.45, 7) is 2.22. The number of rotatable bonds is 6. The van der Waals surface area contributed by atoms with Gasteiger partial charge in [0.25, 0.3) is 5.91 Å². The second-order valence-electron chi connectivity index (χ2n) is 4.71. The Bertz CT molecular complexity index is 476. The Hall–Kier alpha value is -1.99. The number of carbonyl (C=O) groups excluding carboxylic acids is 2. The van der Waals surface area contributed by atoms with Crippen LogP contribution in [-0.4, -0.2) is 47.5 Å². The fourth-order valence-electron chi connectivity index (χ4n) is 1.79. The highest BCUT2D eigenvalue weighted by molar-refractivity contribution is 5.93. The van der Waals surface area contributed by atoms with Crippen LogP contribution in [0.4, 0.5) is 0 Å². The number of hydrogen-bond donors (Lipinski definition) is 3. The molecule has 0 aliphatic rings. The van der Waals surface area contributed by atoms with Crippen molar-refractivity contribution >= 4 is 11.8 Å². The molecule has 0 aliphatic heterocycles. The molecule has 0 saturated carbocycles. The number of amides is 2. The lowest BCUT2D eigenvalue weighted by molar-refractivity contribution is -0.122. The quantitative estimate of drug-likeness (QED) is 0.515. The predicted molar refractivity (Wildman–Crippen MR) is 73.2 cm³/mol. The fraction of sp³-hybridized carbons (Fsp3) is 0.462. The lowest BCUT2D eigenvalue weighted by atomic mass is 10.0. The lowest BCUT2D eigenvalue weighted by Crippen LogP contribution is -2.35. The van der Waals surface area contributed by atoms with Gasteiger partial charge in [-0.25, -0.2) is 5.48 Å². The van der Waals surface area contributed by atoms with E-state index in [1.807, 2.05) is 21.0 Å². The molecule has 0 fully saturated rings. The Morgan fingerprint density at radius 2 is 2.10 bits per heavy atom. The SMILES string of the molecule is CC[C@H](NC(=O)CN(C)C)c1cncc(C(=O)NO)c1. The number of pyridine rings is 1. The van der Waals surface area contributed by atoms with Crippen LogP contribution in [0.3, 0.4) is 0 Å². The normalized spacial score (nSPS) is 12.1. The summed E-state index contributed by atoms with van der Waals surface area (Å²) in [5.74, 6) is -0.729. The molecule has 1 rings (SSSR count). The molecule has 0 aromatic carbocycles. The zero-order valence-electron chi connectivity index (χ0n) is 11.9. The third-order valence-corrected chi connectivity index (χ3v) is 2.73. The Morgan fingerprint density at radius 1 is 1.40 bits per heavy atom. The Kier molecular flexibility index (Phi) is 6.08. The first-order valence-corrected chi connectivity index (χ1v) is 6.31. The summed E-state index contributed by atoms with van der Waals surface area (Å²) in [5, 5.41) is 11.5. The maximum atomic E-state index is 11.8. The van der Waals surface area contributed by atoms with Crippen LogP contribution < -0.4 is 10.8 Å². The third-order valence-electron chi connectivity index (χ3n) is 2.73. The van der Waals surface area contributed by atoms with Gasteiger partial charge in [0.05, 0.1) is 18.2 Å². The smallest absolute Gasteiger partial charge is 0.276 e. The fourth-order valence-corrected chi connectivity index (χ4v) is 1.79. The average molecular weight is 280 g/mol. The van der Waals surface area contributed by atoms with Crippen LogP contribution >= 0.6 is 0 Å².